The lowest BCUT2D eigenvalue weighted by atomic mass is 10.00. The van der Waals surface area contributed by atoms with Crippen molar-refractivity contribution in [1.82, 2.24) is 14.3 Å². The van der Waals surface area contributed by atoms with Crippen LogP contribution in [0.3, 0.4) is 0 Å². The van der Waals surface area contributed by atoms with Gasteiger partial charge in [0.2, 0.25) is 5.13 Å². The van der Waals surface area contributed by atoms with Crippen molar-refractivity contribution >= 4 is 16.7 Å². The monoisotopic (exact) mass is 366 g/mol. The van der Waals surface area contributed by atoms with Gasteiger partial charge in [-0.3, -0.25) is 4.90 Å². The molecule has 1 atom stereocenters. The van der Waals surface area contributed by atoms with Crippen molar-refractivity contribution in [3.05, 3.63) is 65.7 Å². The Balaban J connectivity index is 1.28. The van der Waals surface area contributed by atoms with E-state index in [9.17, 15) is 5.11 Å². The van der Waals surface area contributed by atoms with Gasteiger partial charge in [0, 0.05) is 43.3 Å². The summed E-state index contributed by atoms with van der Waals surface area (Å²) in [5, 5.41) is 14.3. The number of benzene rings is 2. The molecule has 4 rings (SSSR count). The van der Waals surface area contributed by atoms with Crippen LogP contribution in [-0.2, 0) is 13.0 Å². The number of anilines is 1. The Bertz CT molecular complexity index is 852. The SMILES string of the molecule is OC(CNc1nc(-c2ccccc2)ns1)CN1CCc2ccccc2C1. The predicted octanol–water partition coefficient (Wildman–Crippen LogP) is 3.04. The third-order valence-corrected chi connectivity index (χ3v) is 5.30. The number of rotatable bonds is 6. The number of β-amino-alcohol motifs (C(OH)–C–C–N with tert-alkyl or cyclic N) is 1. The first-order chi connectivity index (χ1) is 12.8. The first-order valence-electron chi connectivity index (χ1n) is 8.88. The second kappa shape index (κ2) is 7.95. The third-order valence-electron chi connectivity index (χ3n) is 4.63. The Kier molecular flexibility index (Phi) is 5.24. The Morgan fingerprint density at radius 3 is 2.69 bits per heavy atom. The number of hydrogen-bond donors (Lipinski definition) is 2. The molecule has 1 aliphatic heterocycles. The van der Waals surface area contributed by atoms with Gasteiger partial charge < -0.3 is 10.4 Å². The van der Waals surface area contributed by atoms with Crippen LogP contribution < -0.4 is 5.32 Å². The standard InChI is InChI=1S/C20H22N4OS/c25-18(14-24-11-10-15-6-4-5-9-17(15)13-24)12-21-20-22-19(23-26-20)16-7-2-1-3-8-16/h1-9,18,25H,10-14H2,(H,21,22,23). The van der Waals surface area contributed by atoms with E-state index >= 15 is 0 Å². The molecule has 0 fully saturated rings. The quantitative estimate of drug-likeness (QED) is 0.702. The topological polar surface area (TPSA) is 61.3 Å². The number of aromatic nitrogens is 2. The predicted molar refractivity (Wildman–Crippen MR) is 105 cm³/mol. The zero-order chi connectivity index (χ0) is 17.8. The molecular formula is C20H22N4OS. The van der Waals surface area contributed by atoms with E-state index in [0.717, 1.165) is 36.0 Å². The van der Waals surface area contributed by atoms with Gasteiger partial charge in [-0.15, -0.1) is 0 Å². The van der Waals surface area contributed by atoms with Gasteiger partial charge in [0.05, 0.1) is 6.10 Å². The molecular weight excluding hydrogens is 344 g/mol. The summed E-state index contributed by atoms with van der Waals surface area (Å²) in [5.74, 6) is 0.722. The fourth-order valence-electron chi connectivity index (χ4n) is 3.28. The fraction of sp³-hybridized carbons (Fsp3) is 0.300. The summed E-state index contributed by atoms with van der Waals surface area (Å²) in [6.07, 6.45) is 0.608. The summed E-state index contributed by atoms with van der Waals surface area (Å²) in [5.41, 5.74) is 3.80. The molecule has 0 aliphatic carbocycles. The summed E-state index contributed by atoms with van der Waals surface area (Å²) in [6, 6.07) is 18.5. The molecule has 5 nitrogen and oxygen atoms in total. The number of nitrogens with one attached hydrogen (secondary N) is 1. The molecule has 134 valence electrons. The van der Waals surface area contributed by atoms with E-state index in [-0.39, 0.29) is 0 Å². The molecule has 0 saturated carbocycles. The van der Waals surface area contributed by atoms with E-state index < -0.39 is 6.10 Å². The van der Waals surface area contributed by atoms with E-state index in [1.807, 2.05) is 30.3 Å². The minimum absolute atomic E-state index is 0.440. The molecule has 6 heteroatoms. The molecule has 0 spiro atoms. The Hall–Kier alpha value is -2.28. The highest BCUT2D eigenvalue weighted by atomic mass is 32.1. The van der Waals surface area contributed by atoms with Crippen LogP contribution in [0.1, 0.15) is 11.1 Å². The molecule has 1 aliphatic rings. The van der Waals surface area contributed by atoms with Crippen molar-refractivity contribution in [1.29, 1.82) is 0 Å². The number of hydrogen-bond acceptors (Lipinski definition) is 6. The average Bonchev–Trinajstić information content (AvgIpc) is 3.16. The molecule has 0 amide bonds. The second-order valence-corrected chi connectivity index (χ2v) is 7.33. The summed E-state index contributed by atoms with van der Waals surface area (Å²) in [7, 11) is 0. The molecule has 2 N–H and O–H groups in total. The van der Waals surface area contributed by atoms with Crippen LogP contribution in [-0.4, -0.2) is 45.1 Å². The number of nitrogens with zero attached hydrogens (tertiary/aromatic N) is 3. The minimum Gasteiger partial charge on any atom is -0.390 e. The lowest BCUT2D eigenvalue weighted by Crippen LogP contribution is -2.39. The number of aliphatic hydroxyl groups is 1. The first kappa shape index (κ1) is 17.1. The highest BCUT2D eigenvalue weighted by Gasteiger charge is 2.18. The van der Waals surface area contributed by atoms with Crippen LogP contribution in [0.25, 0.3) is 11.4 Å². The fourth-order valence-corrected chi connectivity index (χ4v) is 3.87. The van der Waals surface area contributed by atoms with Gasteiger partial charge in [-0.25, -0.2) is 0 Å². The maximum atomic E-state index is 10.4. The maximum absolute atomic E-state index is 10.4. The number of aliphatic hydroxyl groups excluding tert-OH is 1. The van der Waals surface area contributed by atoms with E-state index in [0.29, 0.717) is 13.1 Å². The molecule has 3 aromatic rings. The molecule has 1 unspecified atom stereocenters. The molecule has 2 aromatic carbocycles. The van der Waals surface area contributed by atoms with Crippen molar-refractivity contribution in [2.24, 2.45) is 0 Å². The smallest absolute Gasteiger partial charge is 0.202 e. The van der Waals surface area contributed by atoms with Crippen LogP contribution in [0.15, 0.2) is 54.6 Å². The van der Waals surface area contributed by atoms with Gasteiger partial charge >= 0.3 is 0 Å². The molecule has 0 saturated heterocycles. The lowest BCUT2D eigenvalue weighted by molar-refractivity contribution is 0.114. The summed E-state index contributed by atoms with van der Waals surface area (Å²) in [6.45, 7) is 3.03. The van der Waals surface area contributed by atoms with E-state index in [2.05, 4.69) is 43.8 Å². The molecule has 26 heavy (non-hydrogen) atoms. The van der Waals surface area contributed by atoms with Crippen molar-refractivity contribution in [3.63, 3.8) is 0 Å². The molecule has 1 aromatic heterocycles. The van der Waals surface area contributed by atoms with Crippen molar-refractivity contribution < 1.29 is 5.11 Å². The van der Waals surface area contributed by atoms with Gasteiger partial charge in [0.15, 0.2) is 5.82 Å². The minimum atomic E-state index is -0.440. The number of fused-ring (bicyclic) bond motifs is 1. The summed E-state index contributed by atoms with van der Waals surface area (Å²) < 4.78 is 4.38. The van der Waals surface area contributed by atoms with Crippen LogP contribution in [0.4, 0.5) is 5.13 Å². The van der Waals surface area contributed by atoms with Gasteiger partial charge in [0.25, 0.3) is 0 Å². The molecule has 0 bridgehead atoms. The van der Waals surface area contributed by atoms with Gasteiger partial charge in [-0.1, -0.05) is 54.6 Å². The highest BCUT2D eigenvalue weighted by Crippen LogP contribution is 2.21. The maximum Gasteiger partial charge on any atom is 0.202 e. The van der Waals surface area contributed by atoms with Crippen LogP contribution in [0.5, 0.6) is 0 Å². The van der Waals surface area contributed by atoms with Gasteiger partial charge in [0.1, 0.15) is 0 Å². The summed E-state index contributed by atoms with van der Waals surface area (Å²) in [4.78, 5) is 6.81. The highest BCUT2D eigenvalue weighted by molar-refractivity contribution is 7.09. The Morgan fingerprint density at radius 2 is 1.85 bits per heavy atom. The molecule has 2 heterocycles. The van der Waals surface area contributed by atoms with E-state index in [4.69, 9.17) is 0 Å². The van der Waals surface area contributed by atoms with Crippen molar-refractivity contribution in [2.75, 3.05) is 25.0 Å². The first-order valence-corrected chi connectivity index (χ1v) is 9.65. The second-order valence-electron chi connectivity index (χ2n) is 6.58. The van der Waals surface area contributed by atoms with Crippen LogP contribution in [0.2, 0.25) is 0 Å². The average molecular weight is 366 g/mol. The van der Waals surface area contributed by atoms with Gasteiger partial charge in [-0.05, 0) is 17.5 Å². The largest absolute Gasteiger partial charge is 0.390 e. The van der Waals surface area contributed by atoms with Crippen molar-refractivity contribution in [2.45, 2.75) is 19.1 Å². The summed E-state index contributed by atoms with van der Waals surface area (Å²) >= 11 is 1.33. The zero-order valence-electron chi connectivity index (χ0n) is 14.5. The zero-order valence-corrected chi connectivity index (χ0v) is 15.3. The van der Waals surface area contributed by atoms with Gasteiger partial charge in [-0.2, -0.15) is 9.36 Å². The van der Waals surface area contributed by atoms with Crippen LogP contribution in [0, 0.1) is 0 Å². The molecule has 0 radical (unpaired) electrons. The Labute approximate surface area is 157 Å². The lowest BCUT2D eigenvalue weighted by Gasteiger charge is -2.30. The van der Waals surface area contributed by atoms with Crippen LogP contribution >= 0.6 is 11.5 Å². The Morgan fingerprint density at radius 1 is 1.08 bits per heavy atom. The third kappa shape index (κ3) is 4.09. The normalized spacial score (nSPS) is 15.4. The van der Waals surface area contributed by atoms with E-state index in [1.165, 1.54) is 22.7 Å². The van der Waals surface area contributed by atoms with Crippen molar-refractivity contribution in [3.8, 4) is 11.4 Å². The van der Waals surface area contributed by atoms with E-state index in [1.54, 1.807) is 0 Å².